The summed E-state index contributed by atoms with van der Waals surface area (Å²) in [5, 5.41) is 19.3. The summed E-state index contributed by atoms with van der Waals surface area (Å²) in [6.07, 6.45) is 5.87. The topological polar surface area (TPSA) is 64.7 Å². The first-order valence-corrected chi connectivity index (χ1v) is 6.36. The van der Waals surface area contributed by atoms with Crippen molar-refractivity contribution < 1.29 is 19.9 Å². The van der Waals surface area contributed by atoms with E-state index in [1.54, 1.807) is 12.2 Å². The van der Waals surface area contributed by atoms with Crippen LogP contribution in [0.2, 0.25) is 0 Å². The minimum Gasteiger partial charge on any atom is -0.502 e. The maximum atomic E-state index is 9.99. The van der Waals surface area contributed by atoms with E-state index < -0.39 is 0 Å². The van der Waals surface area contributed by atoms with E-state index in [0.29, 0.717) is 23.5 Å². The van der Waals surface area contributed by atoms with E-state index in [0.717, 1.165) is 11.1 Å². The Hall–Kier alpha value is -2.27. The Kier molecular flexibility index (Phi) is 4.10. The number of benzene rings is 1. The molecule has 0 spiro atoms. The summed E-state index contributed by atoms with van der Waals surface area (Å²) in [4.78, 5) is 5.39. The van der Waals surface area contributed by atoms with Crippen molar-refractivity contribution in [1.29, 1.82) is 0 Å². The van der Waals surface area contributed by atoms with Crippen molar-refractivity contribution in [2.45, 2.75) is 20.3 Å². The van der Waals surface area contributed by atoms with Gasteiger partial charge in [-0.15, -0.1) is 0 Å². The number of aliphatic hydroxyl groups is 1. The lowest BCUT2D eigenvalue weighted by Gasteiger charge is -2.11. The van der Waals surface area contributed by atoms with E-state index >= 15 is 0 Å². The average Bonchev–Trinajstić information content (AvgIpc) is 2.45. The van der Waals surface area contributed by atoms with Gasteiger partial charge in [0.15, 0.2) is 5.76 Å². The van der Waals surface area contributed by atoms with Gasteiger partial charge in [0.2, 0.25) is 0 Å². The molecular weight excluding hydrogens is 256 g/mol. The number of aliphatic hydroxyl groups excluding tert-OH is 1. The summed E-state index contributed by atoms with van der Waals surface area (Å²) in [7, 11) is 1.52. The van der Waals surface area contributed by atoms with Crippen molar-refractivity contribution in [3.63, 3.8) is 0 Å². The van der Waals surface area contributed by atoms with Crippen LogP contribution in [0.3, 0.4) is 0 Å². The molecule has 2 rings (SSSR count). The van der Waals surface area contributed by atoms with Crippen molar-refractivity contribution in [3.8, 4) is 0 Å². The van der Waals surface area contributed by atoms with Crippen molar-refractivity contribution in [3.05, 3.63) is 47.2 Å². The average molecular weight is 275 g/mol. The zero-order chi connectivity index (χ0) is 14.7. The van der Waals surface area contributed by atoms with Crippen LogP contribution < -0.4 is 5.48 Å². The van der Waals surface area contributed by atoms with Crippen LogP contribution in [0.5, 0.6) is 0 Å². The second kappa shape index (κ2) is 5.79. The Morgan fingerprint density at radius 3 is 2.55 bits per heavy atom. The van der Waals surface area contributed by atoms with Gasteiger partial charge >= 0.3 is 0 Å². The number of aryl methyl sites for hydroxylation is 2. The third-order valence-corrected chi connectivity index (χ3v) is 3.38. The smallest absolute Gasteiger partial charge is 0.283 e. The summed E-state index contributed by atoms with van der Waals surface area (Å²) in [5.41, 5.74) is 6.08. The monoisotopic (exact) mass is 275 g/mol. The van der Waals surface area contributed by atoms with Gasteiger partial charge in [-0.3, -0.25) is 15.5 Å². The minimum absolute atomic E-state index is 0.150. The van der Waals surface area contributed by atoms with Crippen LogP contribution in [0, 0.1) is 13.8 Å². The molecule has 106 valence electrons. The molecule has 1 aliphatic rings. The zero-order valence-electron chi connectivity index (χ0n) is 11.8. The molecule has 5 heteroatoms. The van der Waals surface area contributed by atoms with Crippen molar-refractivity contribution in [2.24, 2.45) is 0 Å². The first-order valence-electron chi connectivity index (χ1n) is 6.36. The molecular formula is C15H19N2O3+. The van der Waals surface area contributed by atoms with Crippen LogP contribution in [-0.4, -0.2) is 27.9 Å². The summed E-state index contributed by atoms with van der Waals surface area (Å²) in [6.45, 7) is 3.94. The molecule has 0 atom stereocenters. The van der Waals surface area contributed by atoms with Gasteiger partial charge in [-0.1, -0.05) is 12.2 Å². The Morgan fingerprint density at radius 1 is 1.25 bits per heavy atom. The molecule has 0 heterocycles. The molecule has 0 aromatic heterocycles. The number of nitrogens with zero attached hydrogens (tertiary/aromatic N) is 1. The fourth-order valence-electron chi connectivity index (χ4n) is 2.14. The summed E-state index contributed by atoms with van der Waals surface area (Å²) in [6, 6.07) is 3.73. The molecule has 20 heavy (non-hydrogen) atoms. The van der Waals surface area contributed by atoms with Crippen molar-refractivity contribution in [1.82, 2.24) is 0 Å². The maximum Gasteiger partial charge on any atom is 0.283 e. The number of nitrogens with one attached hydrogen (secondary N) is 1. The van der Waals surface area contributed by atoms with Gasteiger partial charge in [0.25, 0.3) is 11.4 Å². The first-order chi connectivity index (χ1) is 9.58. The summed E-state index contributed by atoms with van der Waals surface area (Å²) >= 11 is 0. The maximum absolute atomic E-state index is 9.99. The molecule has 0 saturated carbocycles. The van der Waals surface area contributed by atoms with E-state index in [-0.39, 0.29) is 5.76 Å². The van der Waals surface area contributed by atoms with E-state index in [1.165, 1.54) is 11.8 Å². The number of anilines is 1. The van der Waals surface area contributed by atoms with Crippen molar-refractivity contribution >= 4 is 17.1 Å². The number of allylic oxidation sites excluding steroid dienone is 4. The van der Waals surface area contributed by atoms with Crippen LogP contribution in [0.25, 0.3) is 0 Å². The Balaban J connectivity index is 2.64. The molecule has 0 bridgehead atoms. The van der Waals surface area contributed by atoms with Crippen LogP contribution in [0.4, 0.5) is 11.4 Å². The molecule has 5 nitrogen and oxygen atoms in total. The molecule has 0 saturated heterocycles. The SMILES string of the molecule is CO/[N+](=C1/CC=CC=C1O)c1cc(C)c(C)cc1NO. The van der Waals surface area contributed by atoms with Gasteiger partial charge in [-0.2, -0.15) is 0 Å². The van der Waals surface area contributed by atoms with Gasteiger partial charge in [0.1, 0.15) is 12.8 Å². The molecule has 1 aromatic rings. The lowest BCUT2D eigenvalue weighted by Crippen LogP contribution is -2.20. The largest absolute Gasteiger partial charge is 0.502 e. The lowest BCUT2D eigenvalue weighted by molar-refractivity contribution is -0.720. The van der Waals surface area contributed by atoms with Gasteiger partial charge in [0.05, 0.1) is 6.42 Å². The fraction of sp³-hybridized carbons (Fsp3) is 0.267. The van der Waals surface area contributed by atoms with Gasteiger partial charge < -0.3 is 5.11 Å². The Morgan fingerprint density at radius 2 is 1.95 bits per heavy atom. The molecule has 0 radical (unpaired) electrons. The Labute approximate surface area is 118 Å². The Bertz CT molecular complexity index is 616. The molecule has 3 N–H and O–H groups in total. The highest BCUT2D eigenvalue weighted by molar-refractivity contribution is 5.97. The molecule has 0 unspecified atom stereocenters. The van der Waals surface area contributed by atoms with E-state index in [2.05, 4.69) is 5.48 Å². The van der Waals surface area contributed by atoms with Crippen molar-refractivity contribution in [2.75, 3.05) is 12.6 Å². The molecule has 1 aliphatic carbocycles. The van der Waals surface area contributed by atoms with E-state index in [9.17, 15) is 10.3 Å². The fourth-order valence-corrected chi connectivity index (χ4v) is 2.14. The van der Waals surface area contributed by atoms with Crippen LogP contribution in [0.15, 0.2) is 36.1 Å². The standard InChI is InChI=1S/C15H18N2O3/c1-10-8-12(16-19)14(9-11(10)2)17(20-3)13-6-4-5-7-15(13)18/h4-5,7-9,16,19H,6H2,1-3H3/p+1/b17-13-. The number of hydrogen-bond donors (Lipinski definition) is 3. The molecule has 0 aliphatic heterocycles. The van der Waals surface area contributed by atoms with Crippen LogP contribution in [0.1, 0.15) is 17.5 Å². The quantitative estimate of drug-likeness (QED) is 0.585. The highest BCUT2D eigenvalue weighted by Gasteiger charge is 2.27. The van der Waals surface area contributed by atoms with E-state index in [1.807, 2.05) is 32.1 Å². The summed E-state index contributed by atoms with van der Waals surface area (Å²) < 4.78 is 1.51. The predicted octanol–water partition coefficient (Wildman–Crippen LogP) is 3.15. The molecule has 0 fully saturated rings. The second-order valence-corrected chi connectivity index (χ2v) is 4.67. The van der Waals surface area contributed by atoms with E-state index in [4.69, 9.17) is 4.84 Å². The van der Waals surface area contributed by atoms with Gasteiger partial charge in [-0.05, 0) is 37.1 Å². The van der Waals surface area contributed by atoms with Gasteiger partial charge in [0, 0.05) is 10.8 Å². The minimum atomic E-state index is 0.150. The van der Waals surface area contributed by atoms with Gasteiger partial charge in [-0.25, -0.2) is 0 Å². The number of rotatable bonds is 3. The second-order valence-electron chi connectivity index (χ2n) is 4.67. The predicted molar refractivity (Wildman–Crippen MR) is 77.7 cm³/mol. The van der Waals surface area contributed by atoms with Crippen LogP contribution >= 0.6 is 0 Å². The zero-order valence-corrected chi connectivity index (χ0v) is 11.8. The molecule has 0 amide bonds. The number of hydrogen-bond acceptors (Lipinski definition) is 4. The normalized spacial score (nSPS) is 16.7. The first kappa shape index (κ1) is 14.1. The van der Waals surface area contributed by atoms with Crippen LogP contribution in [-0.2, 0) is 4.84 Å². The third-order valence-electron chi connectivity index (χ3n) is 3.38. The molecule has 1 aromatic carbocycles. The highest BCUT2D eigenvalue weighted by atomic mass is 16.7. The highest BCUT2D eigenvalue weighted by Crippen LogP contribution is 2.29. The lowest BCUT2D eigenvalue weighted by atomic mass is 10.1. The summed E-state index contributed by atoms with van der Waals surface area (Å²) in [5.74, 6) is 0.150. The third kappa shape index (κ3) is 2.53.